The summed E-state index contributed by atoms with van der Waals surface area (Å²) in [5.41, 5.74) is -0.169. The topological polar surface area (TPSA) is 112 Å². The summed E-state index contributed by atoms with van der Waals surface area (Å²) in [6.45, 7) is -0.311. The number of nitrogens with zero attached hydrogens (tertiary/aromatic N) is 1. The minimum absolute atomic E-state index is 0.0123. The molecule has 2 aromatic rings. The van der Waals surface area contributed by atoms with E-state index < -0.39 is 23.4 Å². The van der Waals surface area contributed by atoms with Crippen LogP contribution in [-0.2, 0) is 16.1 Å². The molecule has 24 heavy (non-hydrogen) atoms. The third-order valence-corrected chi connectivity index (χ3v) is 3.77. The van der Waals surface area contributed by atoms with E-state index in [1.807, 2.05) is 0 Å². The number of esters is 1. The summed E-state index contributed by atoms with van der Waals surface area (Å²) in [4.78, 5) is 34.4. The Morgan fingerprint density at radius 1 is 1.38 bits per heavy atom. The lowest BCUT2D eigenvalue weighted by molar-refractivity contribution is -0.387. The Kier molecular flexibility index (Phi) is 5.96. The molecule has 0 spiro atoms. The van der Waals surface area contributed by atoms with E-state index >= 15 is 0 Å². The summed E-state index contributed by atoms with van der Waals surface area (Å²) in [5, 5.41) is 13.5. The summed E-state index contributed by atoms with van der Waals surface area (Å²) < 4.78 is 9.90. The summed E-state index contributed by atoms with van der Waals surface area (Å²) >= 11 is 1.20. The van der Waals surface area contributed by atoms with E-state index in [1.165, 1.54) is 30.2 Å². The molecule has 0 fully saturated rings. The zero-order valence-corrected chi connectivity index (χ0v) is 13.5. The van der Waals surface area contributed by atoms with Crippen LogP contribution in [0, 0.1) is 10.1 Å². The maximum atomic E-state index is 11.9. The fourth-order valence-electron chi connectivity index (χ4n) is 1.82. The van der Waals surface area contributed by atoms with Crippen molar-refractivity contribution in [2.45, 2.75) is 11.4 Å². The Hall–Kier alpha value is -2.81. The minimum atomic E-state index is -0.807. The molecule has 1 heterocycles. The van der Waals surface area contributed by atoms with Crippen molar-refractivity contribution in [1.29, 1.82) is 0 Å². The van der Waals surface area contributed by atoms with Crippen molar-refractivity contribution in [1.82, 2.24) is 5.32 Å². The normalized spacial score (nSPS) is 10.2. The molecule has 1 aromatic carbocycles. The highest BCUT2D eigenvalue weighted by atomic mass is 32.2. The molecule has 0 atom stereocenters. The largest absolute Gasteiger partial charge is 0.467 e. The van der Waals surface area contributed by atoms with Crippen LogP contribution in [0.4, 0.5) is 5.69 Å². The molecule has 126 valence electrons. The number of nitro benzene ring substituents is 1. The fraction of sp³-hybridized carbons (Fsp3) is 0.200. The van der Waals surface area contributed by atoms with Crippen molar-refractivity contribution in [2.75, 3.05) is 12.9 Å². The van der Waals surface area contributed by atoms with Gasteiger partial charge in [-0.3, -0.25) is 14.9 Å². The average Bonchev–Trinajstić information content (AvgIpc) is 3.10. The van der Waals surface area contributed by atoms with Crippen molar-refractivity contribution in [3.8, 4) is 0 Å². The van der Waals surface area contributed by atoms with Gasteiger partial charge in [-0.05, 0) is 30.5 Å². The number of hydrogen-bond donors (Lipinski definition) is 1. The highest BCUT2D eigenvalue weighted by Crippen LogP contribution is 2.28. The molecule has 0 unspecified atom stereocenters. The number of rotatable bonds is 7. The predicted octanol–water partition coefficient (Wildman–Crippen LogP) is 2.38. The Morgan fingerprint density at radius 2 is 2.17 bits per heavy atom. The Balaban J connectivity index is 1.91. The first-order valence-corrected chi connectivity index (χ1v) is 8.02. The summed E-state index contributed by atoms with van der Waals surface area (Å²) in [6, 6.07) is 7.40. The first-order valence-electron chi connectivity index (χ1n) is 6.80. The van der Waals surface area contributed by atoms with Crippen LogP contribution >= 0.6 is 11.8 Å². The van der Waals surface area contributed by atoms with Crippen molar-refractivity contribution in [3.05, 3.63) is 58.0 Å². The molecule has 1 amide bonds. The molecule has 0 radical (unpaired) electrons. The third-order valence-electron chi connectivity index (χ3n) is 2.99. The highest BCUT2D eigenvalue weighted by molar-refractivity contribution is 7.98. The average molecular weight is 350 g/mol. The number of amides is 1. The molecule has 0 saturated carbocycles. The summed E-state index contributed by atoms with van der Waals surface area (Å²) in [6.07, 6.45) is 3.18. The van der Waals surface area contributed by atoms with Crippen molar-refractivity contribution >= 4 is 29.3 Å². The Morgan fingerprint density at radius 3 is 2.79 bits per heavy atom. The van der Waals surface area contributed by atoms with Crippen LogP contribution in [0.5, 0.6) is 0 Å². The van der Waals surface area contributed by atoms with Gasteiger partial charge in [-0.2, -0.15) is 0 Å². The molecule has 8 nitrogen and oxygen atoms in total. The van der Waals surface area contributed by atoms with Gasteiger partial charge in [0.05, 0.1) is 28.2 Å². The van der Waals surface area contributed by atoms with Gasteiger partial charge in [0.15, 0.2) is 6.61 Å². The number of furan rings is 1. The van der Waals surface area contributed by atoms with Crippen molar-refractivity contribution in [2.24, 2.45) is 0 Å². The van der Waals surface area contributed by atoms with Gasteiger partial charge in [0.1, 0.15) is 5.76 Å². The molecular weight excluding hydrogens is 336 g/mol. The van der Waals surface area contributed by atoms with E-state index in [-0.39, 0.29) is 17.8 Å². The maximum absolute atomic E-state index is 11.9. The summed E-state index contributed by atoms with van der Waals surface area (Å²) in [7, 11) is 0. The number of thioether (sulfide) groups is 1. The second kappa shape index (κ2) is 8.16. The van der Waals surface area contributed by atoms with Crippen LogP contribution in [0.15, 0.2) is 45.9 Å². The molecule has 1 N–H and O–H groups in total. The lowest BCUT2D eigenvalue weighted by Gasteiger charge is -2.06. The molecule has 9 heteroatoms. The van der Waals surface area contributed by atoms with E-state index in [9.17, 15) is 19.7 Å². The van der Waals surface area contributed by atoms with Crippen LogP contribution in [0.3, 0.4) is 0 Å². The second-order valence-corrected chi connectivity index (χ2v) is 5.42. The quantitative estimate of drug-likeness (QED) is 0.353. The molecule has 0 bridgehead atoms. The lowest BCUT2D eigenvalue weighted by Crippen LogP contribution is -2.28. The van der Waals surface area contributed by atoms with Crippen LogP contribution < -0.4 is 5.32 Å². The van der Waals surface area contributed by atoms with Crippen LogP contribution in [0.2, 0.25) is 0 Å². The zero-order chi connectivity index (χ0) is 17.5. The lowest BCUT2D eigenvalue weighted by atomic mass is 10.2. The smallest absolute Gasteiger partial charge is 0.338 e. The van der Waals surface area contributed by atoms with Crippen LogP contribution in [-0.4, -0.2) is 29.7 Å². The number of benzene rings is 1. The Labute approximate surface area is 141 Å². The van der Waals surface area contributed by atoms with Gasteiger partial charge in [-0.15, -0.1) is 11.8 Å². The fourth-order valence-corrected chi connectivity index (χ4v) is 2.37. The highest BCUT2D eigenvalue weighted by Gasteiger charge is 2.18. The van der Waals surface area contributed by atoms with Crippen molar-refractivity contribution in [3.63, 3.8) is 0 Å². The molecule has 1 aromatic heterocycles. The number of nitro groups is 1. The van der Waals surface area contributed by atoms with Crippen molar-refractivity contribution < 1.29 is 23.7 Å². The molecule has 0 saturated heterocycles. The standard InChI is InChI=1S/C15H14N2O6S/c1-24-13-5-4-10(7-12(13)17(20)21)15(19)23-9-14(18)16-8-11-3-2-6-22-11/h2-7H,8-9H2,1H3,(H,16,18). The SMILES string of the molecule is CSc1ccc(C(=O)OCC(=O)NCc2ccco2)cc1[N+](=O)[O-]. The van der Waals surface area contributed by atoms with Gasteiger partial charge in [-0.1, -0.05) is 0 Å². The van der Waals surface area contributed by atoms with Gasteiger partial charge in [0.25, 0.3) is 11.6 Å². The zero-order valence-electron chi connectivity index (χ0n) is 12.7. The van der Waals surface area contributed by atoms with E-state index in [2.05, 4.69) is 5.32 Å². The van der Waals surface area contributed by atoms with Gasteiger partial charge in [0, 0.05) is 6.07 Å². The van der Waals surface area contributed by atoms with Gasteiger partial charge < -0.3 is 14.5 Å². The van der Waals surface area contributed by atoms with Crippen LogP contribution in [0.1, 0.15) is 16.1 Å². The Bertz CT molecular complexity index is 744. The number of carbonyl (C=O) groups excluding carboxylic acids is 2. The van der Waals surface area contributed by atoms with E-state index in [1.54, 1.807) is 18.4 Å². The van der Waals surface area contributed by atoms with E-state index in [0.717, 1.165) is 6.07 Å². The minimum Gasteiger partial charge on any atom is -0.467 e. The number of hydrogen-bond acceptors (Lipinski definition) is 7. The maximum Gasteiger partial charge on any atom is 0.338 e. The third kappa shape index (κ3) is 4.59. The molecule has 0 aliphatic carbocycles. The molecule has 2 rings (SSSR count). The van der Waals surface area contributed by atoms with E-state index in [4.69, 9.17) is 9.15 Å². The predicted molar refractivity (Wildman–Crippen MR) is 85.7 cm³/mol. The molecule has 0 aliphatic heterocycles. The van der Waals surface area contributed by atoms with Gasteiger partial charge in [-0.25, -0.2) is 4.79 Å². The first kappa shape index (κ1) is 17.5. The number of carbonyl (C=O) groups is 2. The number of ether oxygens (including phenoxy) is 1. The summed E-state index contributed by atoms with van der Waals surface area (Å²) in [5.74, 6) is -0.744. The van der Waals surface area contributed by atoms with Crippen LogP contribution in [0.25, 0.3) is 0 Å². The van der Waals surface area contributed by atoms with Gasteiger partial charge in [0.2, 0.25) is 0 Å². The van der Waals surface area contributed by atoms with E-state index in [0.29, 0.717) is 10.7 Å². The second-order valence-electron chi connectivity index (χ2n) is 4.58. The molecular formula is C15H14N2O6S. The molecule has 0 aliphatic rings. The number of nitrogens with one attached hydrogen (secondary N) is 1. The van der Waals surface area contributed by atoms with Gasteiger partial charge >= 0.3 is 5.97 Å². The monoisotopic (exact) mass is 350 g/mol. The first-order chi connectivity index (χ1) is 11.5.